The zero-order valence-electron chi connectivity index (χ0n) is 10.4. The van der Waals surface area contributed by atoms with Crippen LogP contribution in [0.2, 0.25) is 5.02 Å². The third-order valence-electron chi connectivity index (χ3n) is 3.64. The van der Waals surface area contributed by atoms with Crippen molar-refractivity contribution in [3.8, 4) is 5.75 Å². The molecule has 0 unspecified atom stereocenters. The highest BCUT2D eigenvalue weighted by Gasteiger charge is 2.38. The van der Waals surface area contributed by atoms with Crippen LogP contribution < -0.4 is 10.5 Å². The highest BCUT2D eigenvalue weighted by atomic mass is 35.5. The van der Waals surface area contributed by atoms with E-state index in [0.29, 0.717) is 0 Å². The largest absolute Gasteiger partial charge is 0.496 e. The summed E-state index contributed by atoms with van der Waals surface area (Å²) >= 11 is 6.03. The first-order valence-electron chi connectivity index (χ1n) is 6.15. The average molecular weight is 262 g/mol. The summed E-state index contributed by atoms with van der Waals surface area (Å²) in [6, 6.07) is 10.1. The van der Waals surface area contributed by atoms with E-state index in [1.54, 1.807) is 7.11 Å². The van der Waals surface area contributed by atoms with E-state index in [4.69, 9.17) is 22.1 Å². The SMILES string of the molecule is COc1cc2ccc(Cl)cc2cc1CC1(N)CC1. The molecule has 1 aliphatic carbocycles. The van der Waals surface area contributed by atoms with Gasteiger partial charge >= 0.3 is 0 Å². The van der Waals surface area contributed by atoms with Crippen molar-refractivity contribution in [3.05, 3.63) is 40.9 Å². The number of methoxy groups -OCH3 is 1. The van der Waals surface area contributed by atoms with Crippen molar-refractivity contribution in [1.82, 2.24) is 0 Å². The number of halogens is 1. The van der Waals surface area contributed by atoms with Crippen LogP contribution in [0.3, 0.4) is 0 Å². The van der Waals surface area contributed by atoms with E-state index in [1.807, 2.05) is 18.2 Å². The number of hydrogen-bond acceptors (Lipinski definition) is 2. The van der Waals surface area contributed by atoms with Crippen LogP contribution in [0, 0.1) is 0 Å². The lowest BCUT2D eigenvalue weighted by Crippen LogP contribution is -2.24. The number of rotatable bonds is 3. The summed E-state index contributed by atoms with van der Waals surface area (Å²) < 4.78 is 5.47. The lowest BCUT2D eigenvalue weighted by molar-refractivity contribution is 0.408. The highest BCUT2D eigenvalue weighted by Crippen LogP contribution is 2.39. The van der Waals surface area contributed by atoms with E-state index in [9.17, 15) is 0 Å². The molecule has 0 aliphatic heterocycles. The lowest BCUT2D eigenvalue weighted by Gasteiger charge is -2.14. The Kier molecular flexibility index (Phi) is 2.72. The zero-order valence-corrected chi connectivity index (χ0v) is 11.1. The van der Waals surface area contributed by atoms with Crippen molar-refractivity contribution >= 4 is 22.4 Å². The van der Waals surface area contributed by atoms with Gasteiger partial charge in [-0.2, -0.15) is 0 Å². The van der Waals surface area contributed by atoms with Crippen molar-refractivity contribution < 1.29 is 4.74 Å². The second-order valence-corrected chi connectivity index (χ2v) is 5.63. The van der Waals surface area contributed by atoms with E-state index in [-0.39, 0.29) is 5.54 Å². The monoisotopic (exact) mass is 261 g/mol. The van der Waals surface area contributed by atoms with Gasteiger partial charge in [0.15, 0.2) is 0 Å². The summed E-state index contributed by atoms with van der Waals surface area (Å²) in [6.45, 7) is 0. The topological polar surface area (TPSA) is 35.2 Å². The molecule has 0 heterocycles. The molecule has 3 rings (SSSR count). The predicted molar refractivity (Wildman–Crippen MR) is 75.4 cm³/mol. The first kappa shape index (κ1) is 11.8. The normalized spacial score (nSPS) is 16.8. The number of benzene rings is 2. The highest BCUT2D eigenvalue weighted by molar-refractivity contribution is 6.31. The van der Waals surface area contributed by atoms with Crippen LogP contribution in [0.5, 0.6) is 5.75 Å². The summed E-state index contributed by atoms with van der Waals surface area (Å²) in [6.07, 6.45) is 3.08. The van der Waals surface area contributed by atoms with Gasteiger partial charge in [-0.25, -0.2) is 0 Å². The van der Waals surface area contributed by atoms with Crippen LogP contribution in [0.4, 0.5) is 0 Å². The van der Waals surface area contributed by atoms with Gasteiger partial charge in [0.1, 0.15) is 5.75 Å². The quantitative estimate of drug-likeness (QED) is 0.917. The molecule has 0 atom stereocenters. The van der Waals surface area contributed by atoms with Gasteiger partial charge in [0.2, 0.25) is 0 Å². The molecule has 0 radical (unpaired) electrons. The van der Waals surface area contributed by atoms with Crippen LogP contribution in [0.25, 0.3) is 10.8 Å². The number of ether oxygens (including phenoxy) is 1. The Morgan fingerprint density at radius 2 is 2.00 bits per heavy atom. The molecule has 2 nitrogen and oxygen atoms in total. The molecule has 1 saturated carbocycles. The van der Waals surface area contributed by atoms with Gasteiger partial charge in [0.05, 0.1) is 7.11 Å². The molecule has 0 aromatic heterocycles. The summed E-state index contributed by atoms with van der Waals surface area (Å²) in [5.74, 6) is 0.918. The Morgan fingerprint density at radius 1 is 1.22 bits per heavy atom. The van der Waals surface area contributed by atoms with Gasteiger partial charge in [-0.15, -0.1) is 0 Å². The maximum absolute atomic E-state index is 6.19. The number of nitrogens with two attached hydrogens (primary N) is 1. The van der Waals surface area contributed by atoms with Crippen LogP contribution in [-0.2, 0) is 6.42 Å². The van der Waals surface area contributed by atoms with Crippen molar-refractivity contribution in [2.45, 2.75) is 24.8 Å². The summed E-state index contributed by atoms with van der Waals surface area (Å²) in [5, 5.41) is 3.04. The number of fused-ring (bicyclic) bond motifs is 1. The first-order valence-corrected chi connectivity index (χ1v) is 6.52. The molecular formula is C15H16ClNO. The van der Waals surface area contributed by atoms with Crippen LogP contribution in [-0.4, -0.2) is 12.6 Å². The molecule has 1 fully saturated rings. The molecule has 0 bridgehead atoms. The second-order valence-electron chi connectivity index (χ2n) is 5.19. The fourth-order valence-electron chi connectivity index (χ4n) is 2.34. The van der Waals surface area contributed by atoms with Crippen molar-refractivity contribution in [1.29, 1.82) is 0 Å². The fraction of sp³-hybridized carbons (Fsp3) is 0.333. The second kappa shape index (κ2) is 4.15. The number of hydrogen-bond donors (Lipinski definition) is 1. The van der Waals surface area contributed by atoms with Gasteiger partial charge in [0.25, 0.3) is 0 Å². The molecule has 2 N–H and O–H groups in total. The summed E-state index contributed by atoms with van der Waals surface area (Å²) in [7, 11) is 1.71. The molecule has 1 aliphatic rings. The molecule has 3 heteroatoms. The van der Waals surface area contributed by atoms with E-state index in [2.05, 4.69) is 12.1 Å². The summed E-state index contributed by atoms with van der Waals surface area (Å²) in [4.78, 5) is 0. The lowest BCUT2D eigenvalue weighted by atomic mass is 9.99. The van der Waals surface area contributed by atoms with E-state index in [1.165, 1.54) is 5.56 Å². The molecule has 0 amide bonds. The van der Waals surface area contributed by atoms with E-state index in [0.717, 1.165) is 40.8 Å². The van der Waals surface area contributed by atoms with Gasteiger partial charge in [-0.05, 0) is 59.9 Å². The van der Waals surface area contributed by atoms with Crippen LogP contribution in [0.1, 0.15) is 18.4 Å². The Morgan fingerprint density at radius 3 is 2.67 bits per heavy atom. The third kappa shape index (κ3) is 2.18. The molecule has 0 saturated heterocycles. The third-order valence-corrected chi connectivity index (χ3v) is 3.87. The molecule has 94 valence electrons. The summed E-state index contributed by atoms with van der Waals surface area (Å²) in [5.41, 5.74) is 7.35. The molecule has 2 aromatic rings. The first-order chi connectivity index (χ1) is 8.59. The van der Waals surface area contributed by atoms with E-state index >= 15 is 0 Å². The van der Waals surface area contributed by atoms with Gasteiger partial charge in [-0.3, -0.25) is 0 Å². The minimum atomic E-state index is -0.0144. The zero-order chi connectivity index (χ0) is 12.8. The Labute approximate surface area is 112 Å². The Hall–Kier alpha value is -1.25. The van der Waals surface area contributed by atoms with E-state index < -0.39 is 0 Å². The predicted octanol–water partition coefficient (Wildman–Crippen LogP) is 3.54. The maximum Gasteiger partial charge on any atom is 0.122 e. The van der Waals surface area contributed by atoms with Crippen molar-refractivity contribution in [3.63, 3.8) is 0 Å². The molecular weight excluding hydrogens is 246 g/mol. The van der Waals surface area contributed by atoms with Crippen LogP contribution in [0.15, 0.2) is 30.3 Å². The van der Waals surface area contributed by atoms with Gasteiger partial charge in [-0.1, -0.05) is 17.7 Å². The maximum atomic E-state index is 6.19. The van der Waals surface area contributed by atoms with Crippen LogP contribution >= 0.6 is 11.6 Å². The van der Waals surface area contributed by atoms with Crippen molar-refractivity contribution in [2.75, 3.05) is 7.11 Å². The standard InChI is InChI=1S/C15H16ClNO/c1-18-14-8-10-2-3-13(16)7-11(10)6-12(14)9-15(17)4-5-15/h2-3,6-8H,4-5,9,17H2,1H3. The van der Waals surface area contributed by atoms with Crippen molar-refractivity contribution in [2.24, 2.45) is 5.73 Å². The smallest absolute Gasteiger partial charge is 0.122 e. The molecule has 0 spiro atoms. The minimum Gasteiger partial charge on any atom is -0.496 e. The Bertz CT molecular complexity index is 605. The Balaban J connectivity index is 2.10. The minimum absolute atomic E-state index is 0.0144. The van der Waals surface area contributed by atoms with Gasteiger partial charge < -0.3 is 10.5 Å². The van der Waals surface area contributed by atoms with Gasteiger partial charge in [0, 0.05) is 10.6 Å². The molecule has 18 heavy (non-hydrogen) atoms. The average Bonchev–Trinajstić information content (AvgIpc) is 3.06. The fourth-order valence-corrected chi connectivity index (χ4v) is 2.52. The molecule has 2 aromatic carbocycles.